The molecule has 7 nitrogen and oxygen atoms in total. The minimum absolute atomic E-state index is 0.0321. The van der Waals surface area contributed by atoms with E-state index in [2.05, 4.69) is 21.3 Å². The molecule has 30 heavy (non-hydrogen) atoms. The quantitative estimate of drug-likeness (QED) is 0.574. The number of rotatable bonds is 8. The molecular weight excluding hydrogens is 380 g/mol. The van der Waals surface area contributed by atoms with Crippen LogP contribution in [0.2, 0.25) is 0 Å². The van der Waals surface area contributed by atoms with E-state index in [9.17, 15) is 4.79 Å². The number of nitrogens with zero attached hydrogens (tertiary/aromatic N) is 4. The molecule has 7 heteroatoms. The molecule has 0 atom stereocenters. The molecule has 1 amide bonds. The van der Waals surface area contributed by atoms with Gasteiger partial charge in [-0.3, -0.25) is 9.69 Å². The smallest absolute Gasteiger partial charge is 0.260 e. The van der Waals surface area contributed by atoms with Crippen molar-refractivity contribution in [2.75, 3.05) is 33.9 Å². The molecule has 0 N–H and O–H groups in total. The van der Waals surface area contributed by atoms with Crippen LogP contribution >= 0.6 is 0 Å². The van der Waals surface area contributed by atoms with Gasteiger partial charge in [-0.05, 0) is 49.7 Å². The fourth-order valence-corrected chi connectivity index (χ4v) is 3.88. The van der Waals surface area contributed by atoms with Gasteiger partial charge in [0.05, 0.1) is 19.0 Å². The third kappa shape index (κ3) is 4.57. The second-order valence-electron chi connectivity index (χ2n) is 7.71. The van der Waals surface area contributed by atoms with Gasteiger partial charge in [0.25, 0.3) is 5.91 Å². The Hall–Kier alpha value is -3.06. The molecule has 158 valence electrons. The van der Waals surface area contributed by atoms with Crippen LogP contribution < -0.4 is 9.47 Å². The fourth-order valence-electron chi connectivity index (χ4n) is 3.88. The number of likely N-dealkylation sites (tertiary alicyclic amines) is 1. The highest BCUT2D eigenvalue weighted by atomic mass is 16.5. The van der Waals surface area contributed by atoms with Crippen LogP contribution in [0.25, 0.3) is 5.65 Å². The molecule has 0 radical (unpaired) electrons. The lowest BCUT2D eigenvalue weighted by Crippen LogP contribution is -2.32. The molecule has 0 bridgehead atoms. The number of amides is 1. The first-order chi connectivity index (χ1) is 14.6. The van der Waals surface area contributed by atoms with Crippen LogP contribution in [0.4, 0.5) is 0 Å². The van der Waals surface area contributed by atoms with Gasteiger partial charge in [-0.15, -0.1) is 0 Å². The fraction of sp³-hybridized carbons (Fsp3) is 0.391. The normalized spacial score (nSPS) is 13.9. The molecule has 1 aromatic carbocycles. The number of hydrogen-bond acceptors (Lipinski definition) is 5. The third-order valence-electron chi connectivity index (χ3n) is 5.42. The Morgan fingerprint density at radius 2 is 1.97 bits per heavy atom. The van der Waals surface area contributed by atoms with Crippen molar-refractivity contribution in [1.82, 2.24) is 19.2 Å². The van der Waals surface area contributed by atoms with Gasteiger partial charge >= 0.3 is 0 Å². The van der Waals surface area contributed by atoms with Crippen LogP contribution in [0.3, 0.4) is 0 Å². The number of imidazole rings is 1. The largest absolute Gasteiger partial charge is 0.493 e. The number of carbonyl (C=O) groups is 1. The number of ether oxygens (including phenoxy) is 2. The molecule has 1 fully saturated rings. The van der Waals surface area contributed by atoms with E-state index < -0.39 is 0 Å². The summed E-state index contributed by atoms with van der Waals surface area (Å²) in [5.74, 6) is 1.27. The lowest BCUT2D eigenvalue weighted by atomic mass is 10.2. The maximum Gasteiger partial charge on any atom is 0.260 e. The summed E-state index contributed by atoms with van der Waals surface area (Å²) >= 11 is 0. The number of methoxy groups -OCH3 is 1. The molecule has 3 aromatic rings. The highest BCUT2D eigenvalue weighted by Gasteiger charge is 2.19. The summed E-state index contributed by atoms with van der Waals surface area (Å²) < 4.78 is 13.4. The maximum atomic E-state index is 12.3. The summed E-state index contributed by atoms with van der Waals surface area (Å²) in [6.45, 7) is 3.19. The van der Waals surface area contributed by atoms with Gasteiger partial charge in [-0.1, -0.05) is 12.1 Å². The zero-order valence-corrected chi connectivity index (χ0v) is 17.6. The molecular formula is C23H28N4O3. The number of pyridine rings is 1. The molecule has 0 unspecified atom stereocenters. The van der Waals surface area contributed by atoms with Crippen molar-refractivity contribution >= 4 is 11.6 Å². The van der Waals surface area contributed by atoms with E-state index in [1.165, 1.54) is 0 Å². The molecule has 1 aliphatic rings. The Bertz CT molecular complexity index is 1010. The molecule has 0 aliphatic carbocycles. The van der Waals surface area contributed by atoms with Gasteiger partial charge in [0.15, 0.2) is 18.1 Å². The topological polar surface area (TPSA) is 59.3 Å². The van der Waals surface area contributed by atoms with E-state index in [0.29, 0.717) is 11.5 Å². The highest BCUT2D eigenvalue weighted by molar-refractivity contribution is 5.78. The van der Waals surface area contributed by atoms with E-state index >= 15 is 0 Å². The molecule has 3 heterocycles. The molecule has 4 rings (SSSR count). The van der Waals surface area contributed by atoms with Crippen molar-refractivity contribution in [3.8, 4) is 11.5 Å². The standard InChI is InChI=1S/C23H28N4O3/c1-25(16-19-14-24-22-7-3-4-12-27(19)22)15-18-8-9-20(29-2)21(13-18)30-17-23(28)26-10-5-6-11-26/h3-4,7-9,12-14H,5-6,10-11,15-17H2,1-2H3. The van der Waals surface area contributed by atoms with Crippen molar-refractivity contribution in [3.05, 3.63) is 60.0 Å². The van der Waals surface area contributed by atoms with E-state index in [1.54, 1.807) is 7.11 Å². The molecule has 2 aromatic heterocycles. The van der Waals surface area contributed by atoms with Crippen molar-refractivity contribution in [2.45, 2.75) is 25.9 Å². The van der Waals surface area contributed by atoms with Crippen LogP contribution in [0.5, 0.6) is 11.5 Å². The number of hydrogen-bond donors (Lipinski definition) is 0. The second-order valence-corrected chi connectivity index (χ2v) is 7.71. The summed E-state index contributed by atoms with van der Waals surface area (Å²) in [6.07, 6.45) is 6.09. The Kier molecular flexibility index (Phi) is 6.18. The molecule has 0 saturated carbocycles. The Balaban J connectivity index is 1.40. The summed E-state index contributed by atoms with van der Waals surface area (Å²) in [4.78, 5) is 20.8. The average molecular weight is 409 g/mol. The van der Waals surface area contributed by atoms with Crippen LogP contribution in [0, 0.1) is 0 Å². The van der Waals surface area contributed by atoms with Crippen LogP contribution in [-0.4, -0.2) is 58.9 Å². The average Bonchev–Trinajstić information content (AvgIpc) is 3.43. The molecule has 1 aliphatic heterocycles. The first-order valence-corrected chi connectivity index (χ1v) is 10.3. The Morgan fingerprint density at radius 3 is 2.77 bits per heavy atom. The van der Waals surface area contributed by atoms with E-state index in [0.717, 1.165) is 55.9 Å². The first-order valence-electron chi connectivity index (χ1n) is 10.3. The van der Waals surface area contributed by atoms with Gasteiger partial charge < -0.3 is 18.8 Å². The lowest BCUT2D eigenvalue weighted by Gasteiger charge is -2.19. The van der Waals surface area contributed by atoms with Crippen molar-refractivity contribution in [2.24, 2.45) is 0 Å². The van der Waals surface area contributed by atoms with Gasteiger partial charge in [0.1, 0.15) is 5.65 Å². The van der Waals surface area contributed by atoms with Crippen LogP contribution in [0.1, 0.15) is 24.1 Å². The summed E-state index contributed by atoms with van der Waals surface area (Å²) in [5, 5.41) is 0. The lowest BCUT2D eigenvalue weighted by molar-refractivity contribution is -0.132. The predicted molar refractivity (Wildman–Crippen MR) is 115 cm³/mol. The van der Waals surface area contributed by atoms with Gasteiger partial charge in [-0.25, -0.2) is 4.98 Å². The Labute approximate surface area is 176 Å². The number of benzene rings is 1. The first kappa shape index (κ1) is 20.2. The summed E-state index contributed by atoms with van der Waals surface area (Å²) in [6, 6.07) is 11.9. The minimum Gasteiger partial charge on any atom is -0.493 e. The summed E-state index contributed by atoms with van der Waals surface area (Å²) in [5.41, 5.74) is 3.17. The van der Waals surface area contributed by atoms with Gasteiger partial charge in [-0.2, -0.15) is 0 Å². The highest BCUT2D eigenvalue weighted by Crippen LogP contribution is 2.29. The number of fused-ring (bicyclic) bond motifs is 1. The van der Waals surface area contributed by atoms with Crippen molar-refractivity contribution in [1.29, 1.82) is 0 Å². The minimum atomic E-state index is 0.0321. The molecule has 1 saturated heterocycles. The SMILES string of the molecule is COc1ccc(CN(C)Cc2cnc3ccccn23)cc1OCC(=O)N1CCCC1. The predicted octanol–water partition coefficient (Wildman–Crippen LogP) is 2.98. The number of carbonyl (C=O) groups excluding carboxylic acids is 1. The van der Waals surface area contributed by atoms with E-state index in [1.807, 2.05) is 53.7 Å². The maximum absolute atomic E-state index is 12.3. The Morgan fingerprint density at radius 1 is 1.13 bits per heavy atom. The third-order valence-corrected chi connectivity index (χ3v) is 5.42. The number of aromatic nitrogens is 2. The zero-order valence-electron chi connectivity index (χ0n) is 17.6. The summed E-state index contributed by atoms with van der Waals surface area (Å²) in [7, 11) is 3.69. The molecule has 0 spiro atoms. The van der Waals surface area contributed by atoms with Crippen molar-refractivity contribution < 1.29 is 14.3 Å². The second kappa shape index (κ2) is 9.17. The zero-order chi connectivity index (χ0) is 20.9. The van der Waals surface area contributed by atoms with Crippen LogP contribution in [0.15, 0.2) is 48.8 Å². The van der Waals surface area contributed by atoms with Crippen LogP contribution in [-0.2, 0) is 17.9 Å². The van der Waals surface area contributed by atoms with Crippen molar-refractivity contribution in [3.63, 3.8) is 0 Å². The van der Waals surface area contributed by atoms with Gasteiger partial charge in [0, 0.05) is 32.4 Å². The van der Waals surface area contributed by atoms with Gasteiger partial charge in [0.2, 0.25) is 0 Å². The monoisotopic (exact) mass is 408 g/mol. The van der Waals surface area contributed by atoms with E-state index in [4.69, 9.17) is 9.47 Å². The van der Waals surface area contributed by atoms with E-state index in [-0.39, 0.29) is 12.5 Å².